The molecule has 0 spiro atoms. The van der Waals surface area contributed by atoms with Crippen molar-refractivity contribution in [1.82, 2.24) is 9.97 Å². The van der Waals surface area contributed by atoms with Gasteiger partial charge >= 0.3 is 0 Å². The van der Waals surface area contributed by atoms with Crippen LogP contribution in [0.15, 0.2) is 122 Å². The highest BCUT2D eigenvalue weighted by Crippen LogP contribution is 2.37. The summed E-state index contributed by atoms with van der Waals surface area (Å²) >= 11 is 0. The maximum atomic E-state index is 4.72. The molecule has 0 aliphatic rings. The minimum absolute atomic E-state index is 1.05. The third kappa shape index (κ3) is 2.89. The van der Waals surface area contributed by atoms with Gasteiger partial charge in [0, 0.05) is 33.9 Å². The number of benzene rings is 5. The molecule has 0 N–H and O–H groups in total. The molecule has 7 aromatic rings. The Balaban J connectivity index is 1.43. The number of pyridine rings is 2. The van der Waals surface area contributed by atoms with Crippen molar-refractivity contribution in [2.24, 2.45) is 0 Å². The van der Waals surface area contributed by atoms with Gasteiger partial charge in [0.05, 0.1) is 11.0 Å². The van der Waals surface area contributed by atoms with Gasteiger partial charge in [-0.25, -0.2) is 0 Å². The largest absolute Gasteiger partial charge is 0.256 e. The Morgan fingerprint density at radius 1 is 0.353 bits per heavy atom. The molecule has 0 amide bonds. The summed E-state index contributed by atoms with van der Waals surface area (Å²) in [5.41, 5.74) is 6.89. The molecule has 158 valence electrons. The molecule has 2 heteroatoms. The molecule has 0 atom stereocenters. The molecule has 0 bridgehead atoms. The number of fused-ring (bicyclic) bond motifs is 6. The zero-order chi connectivity index (χ0) is 22.5. The lowest BCUT2D eigenvalue weighted by Crippen LogP contribution is -1.88. The van der Waals surface area contributed by atoms with E-state index in [4.69, 9.17) is 9.97 Å². The van der Waals surface area contributed by atoms with Crippen molar-refractivity contribution in [1.29, 1.82) is 0 Å². The van der Waals surface area contributed by atoms with Crippen LogP contribution in [0.4, 0.5) is 0 Å². The van der Waals surface area contributed by atoms with Crippen molar-refractivity contribution >= 4 is 43.4 Å². The Hall–Kier alpha value is -4.56. The van der Waals surface area contributed by atoms with Crippen LogP contribution < -0.4 is 0 Å². The van der Waals surface area contributed by atoms with Crippen molar-refractivity contribution in [3.8, 4) is 22.3 Å². The van der Waals surface area contributed by atoms with Gasteiger partial charge in [0.1, 0.15) is 0 Å². The van der Waals surface area contributed by atoms with Crippen molar-refractivity contribution in [3.05, 3.63) is 122 Å². The second-order valence-corrected chi connectivity index (χ2v) is 8.67. The zero-order valence-electron chi connectivity index (χ0n) is 18.4. The van der Waals surface area contributed by atoms with Gasteiger partial charge in [-0.15, -0.1) is 0 Å². The molecule has 0 aliphatic carbocycles. The summed E-state index contributed by atoms with van der Waals surface area (Å²) in [6.45, 7) is 0. The van der Waals surface area contributed by atoms with Gasteiger partial charge in [0.25, 0.3) is 0 Å². The first-order valence-corrected chi connectivity index (χ1v) is 11.5. The Morgan fingerprint density at radius 2 is 0.765 bits per heavy atom. The first-order chi connectivity index (χ1) is 16.9. The van der Waals surface area contributed by atoms with Gasteiger partial charge in [-0.3, -0.25) is 9.97 Å². The summed E-state index contributed by atoms with van der Waals surface area (Å²) in [5, 5.41) is 7.14. The van der Waals surface area contributed by atoms with Gasteiger partial charge in [0.15, 0.2) is 0 Å². The van der Waals surface area contributed by atoms with Crippen LogP contribution in [0, 0.1) is 0 Å². The normalized spacial score (nSPS) is 11.5. The van der Waals surface area contributed by atoms with E-state index in [9.17, 15) is 0 Å². The predicted molar refractivity (Wildman–Crippen MR) is 143 cm³/mol. The van der Waals surface area contributed by atoms with E-state index in [0.29, 0.717) is 0 Å². The second kappa shape index (κ2) is 7.50. The van der Waals surface area contributed by atoms with Crippen LogP contribution in [0.3, 0.4) is 0 Å². The summed E-state index contributed by atoms with van der Waals surface area (Å²) in [6, 6.07) is 38.8. The van der Waals surface area contributed by atoms with Crippen LogP contribution in [0.2, 0.25) is 0 Å². The van der Waals surface area contributed by atoms with Crippen LogP contribution >= 0.6 is 0 Å². The van der Waals surface area contributed by atoms with Crippen LogP contribution in [0.25, 0.3) is 65.6 Å². The van der Waals surface area contributed by atoms with Gasteiger partial charge in [0.2, 0.25) is 0 Å². The minimum atomic E-state index is 1.05. The molecule has 0 aliphatic heterocycles. The number of rotatable bonds is 2. The van der Waals surface area contributed by atoms with Crippen LogP contribution in [-0.4, -0.2) is 9.97 Å². The van der Waals surface area contributed by atoms with E-state index in [-0.39, 0.29) is 0 Å². The molecule has 0 unspecified atom stereocenters. The number of hydrogen-bond donors (Lipinski definition) is 0. The van der Waals surface area contributed by atoms with Crippen molar-refractivity contribution < 1.29 is 0 Å². The minimum Gasteiger partial charge on any atom is -0.256 e. The van der Waals surface area contributed by atoms with E-state index >= 15 is 0 Å². The van der Waals surface area contributed by atoms with E-state index in [1.807, 2.05) is 24.5 Å². The van der Waals surface area contributed by atoms with Crippen molar-refractivity contribution in [2.75, 3.05) is 0 Å². The molecule has 2 aromatic heterocycles. The van der Waals surface area contributed by atoms with Gasteiger partial charge < -0.3 is 0 Å². The third-order valence-electron chi connectivity index (χ3n) is 6.74. The molecular formula is C32H20N2. The van der Waals surface area contributed by atoms with Gasteiger partial charge in [-0.2, -0.15) is 0 Å². The Labute approximate surface area is 197 Å². The Bertz CT molecular complexity index is 1710. The average molecular weight is 433 g/mol. The van der Waals surface area contributed by atoms with Crippen LogP contribution in [0.1, 0.15) is 0 Å². The Kier molecular flexibility index (Phi) is 4.18. The number of aromatic nitrogens is 2. The van der Waals surface area contributed by atoms with Crippen LogP contribution in [-0.2, 0) is 0 Å². The molecule has 0 saturated heterocycles. The fourth-order valence-corrected chi connectivity index (χ4v) is 5.14. The predicted octanol–water partition coefficient (Wildman–Crippen LogP) is 8.42. The highest BCUT2D eigenvalue weighted by molar-refractivity contribution is 6.14. The van der Waals surface area contributed by atoms with E-state index in [2.05, 4.69) is 97.1 Å². The fourth-order valence-electron chi connectivity index (χ4n) is 5.14. The first kappa shape index (κ1) is 19.0. The van der Waals surface area contributed by atoms with Crippen molar-refractivity contribution in [3.63, 3.8) is 0 Å². The molecule has 7 rings (SSSR count). The maximum absolute atomic E-state index is 4.72. The Morgan fingerprint density at radius 3 is 1.24 bits per heavy atom. The maximum Gasteiger partial charge on any atom is 0.0786 e. The quantitative estimate of drug-likeness (QED) is 0.256. The standard InChI is InChI=1S/C32H20N2/c1-5-23-15-17-25-7-3-19-33-31(25)29(23)27(9-1)21-11-13-22(14-12-21)28-10-2-6-24-16-18-26-8-4-20-34-32(26)30(24)28/h1-20H. The molecule has 34 heavy (non-hydrogen) atoms. The molecule has 0 fully saturated rings. The lowest BCUT2D eigenvalue weighted by Gasteiger charge is -2.12. The molecule has 0 radical (unpaired) electrons. The molecule has 5 aromatic carbocycles. The monoisotopic (exact) mass is 432 g/mol. The van der Waals surface area contributed by atoms with E-state index < -0.39 is 0 Å². The smallest absolute Gasteiger partial charge is 0.0786 e. The van der Waals surface area contributed by atoms with Crippen LogP contribution in [0.5, 0.6) is 0 Å². The first-order valence-electron chi connectivity index (χ1n) is 11.5. The molecular weight excluding hydrogens is 412 g/mol. The average Bonchev–Trinajstić information content (AvgIpc) is 2.92. The summed E-state index contributed by atoms with van der Waals surface area (Å²) in [7, 11) is 0. The van der Waals surface area contributed by atoms with E-state index in [1.54, 1.807) is 0 Å². The summed E-state index contributed by atoms with van der Waals surface area (Å²) < 4.78 is 0. The lowest BCUT2D eigenvalue weighted by molar-refractivity contribution is 1.43. The second-order valence-electron chi connectivity index (χ2n) is 8.67. The molecule has 0 saturated carbocycles. The fraction of sp³-hybridized carbons (Fsp3) is 0. The zero-order valence-corrected chi connectivity index (χ0v) is 18.4. The van der Waals surface area contributed by atoms with Gasteiger partial charge in [-0.05, 0) is 45.2 Å². The van der Waals surface area contributed by atoms with E-state index in [1.165, 1.54) is 43.8 Å². The molecule has 2 heterocycles. The summed E-state index contributed by atoms with van der Waals surface area (Å²) in [6.07, 6.45) is 3.75. The highest BCUT2D eigenvalue weighted by Gasteiger charge is 2.11. The van der Waals surface area contributed by atoms with Crippen molar-refractivity contribution in [2.45, 2.75) is 0 Å². The SMILES string of the molecule is c1cnc2c(c1)ccc1cccc(-c3ccc(-c4cccc5ccc6cccnc6c45)cc3)c12. The summed E-state index contributed by atoms with van der Waals surface area (Å²) in [4.78, 5) is 9.43. The number of nitrogens with zero attached hydrogens (tertiary/aromatic N) is 2. The highest BCUT2D eigenvalue weighted by atomic mass is 14.7. The molecule has 2 nitrogen and oxygen atoms in total. The summed E-state index contributed by atoms with van der Waals surface area (Å²) in [5.74, 6) is 0. The van der Waals surface area contributed by atoms with E-state index in [0.717, 1.165) is 21.8 Å². The topological polar surface area (TPSA) is 25.8 Å². The number of hydrogen-bond acceptors (Lipinski definition) is 2. The van der Waals surface area contributed by atoms with Gasteiger partial charge in [-0.1, -0.05) is 97.1 Å². The lowest BCUT2D eigenvalue weighted by atomic mass is 9.92. The third-order valence-corrected chi connectivity index (χ3v) is 6.74.